The molecule has 2 N–H and O–H groups in total. The Balaban J connectivity index is 1.89. The summed E-state index contributed by atoms with van der Waals surface area (Å²) >= 11 is 0. The van der Waals surface area contributed by atoms with E-state index in [0.29, 0.717) is 12.1 Å². The topological polar surface area (TPSA) is 82.5 Å². The summed E-state index contributed by atoms with van der Waals surface area (Å²) in [5.74, 6) is -1.39. The van der Waals surface area contributed by atoms with E-state index in [-0.39, 0.29) is 17.6 Å². The van der Waals surface area contributed by atoms with Gasteiger partial charge in [0.05, 0.1) is 0 Å². The van der Waals surface area contributed by atoms with Crippen LogP contribution >= 0.6 is 0 Å². The Hall–Kier alpha value is -1.95. The van der Waals surface area contributed by atoms with E-state index in [9.17, 15) is 9.59 Å². The van der Waals surface area contributed by atoms with Crippen molar-refractivity contribution in [2.24, 2.45) is 0 Å². The van der Waals surface area contributed by atoms with Gasteiger partial charge in [0.2, 0.25) is 0 Å². The zero-order chi connectivity index (χ0) is 15.2. The van der Waals surface area contributed by atoms with Crippen LogP contribution in [-0.4, -0.2) is 52.5 Å². The third-order valence-electron chi connectivity index (χ3n) is 3.81. The predicted molar refractivity (Wildman–Crippen MR) is 78.4 cm³/mol. The van der Waals surface area contributed by atoms with E-state index in [1.807, 2.05) is 0 Å². The Labute approximate surface area is 124 Å². The van der Waals surface area contributed by atoms with Gasteiger partial charge < -0.3 is 10.4 Å². The highest BCUT2D eigenvalue weighted by molar-refractivity contribution is 5.96. The molecule has 2 rings (SSSR count). The number of hydrogen-bond donors (Lipinski definition) is 2. The molecular formula is C15H21N3O3. The van der Waals surface area contributed by atoms with Gasteiger partial charge in [0.1, 0.15) is 5.69 Å². The lowest BCUT2D eigenvalue weighted by Crippen LogP contribution is -2.44. The van der Waals surface area contributed by atoms with E-state index in [1.165, 1.54) is 37.6 Å². The molecule has 6 nitrogen and oxygen atoms in total. The summed E-state index contributed by atoms with van der Waals surface area (Å²) in [6.45, 7) is 4.81. The van der Waals surface area contributed by atoms with Crippen molar-refractivity contribution in [3.05, 3.63) is 29.6 Å². The molecule has 1 aromatic heterocycles. The predicted octanol–water partition coefficient (Wildman–Crippen LogP) is 1.38. The van der Waals surface area contributed by atoms with Gasteiger partial charge in [-0.05, 0) is 45.0 Å². The molecule has 1 aromatic rings. The van der Waals surface area contributed by atoms with Crippen LogP contribution in [0.1, 0.15) is 47.0 Å². The monoisotopic (exact) mass is 291 g/mol. The smallest absolute Gasteiger partial charge is 0.354 e. The number of carboxylic acids is 1. The normalized spacial score (nSPS) is 17.2. The van der Waals surface area contributed by atoms with Crippen LogP contribution in [0.3, 0.4) is 0 Å². The molecule has 1 aliphatic heterocycles. The van der Waals surface area contributed by atoms with Gasteiger partial charge in [-0.2, -0.15) is 0 Å². The van der Waals surface area contributed by atoms with Gasteiger partial charge in [-0.15, -0.1) is 0 Å². The van der Waals surface area contributed by atoms with Crippen molar-refractivity contribution >= 4 is 11.9 Å². The van der Waals surface area contributed by atoms with Crippen molar-refractivity contribution in [2.45, 2.75) is 32.2 Å². The van der Waals surface area contributed by atoms with E-state index >= 15 is 0 Å². The average molecular weight is 291 g/mol. The van der Waals surface area contributed by atoms with E-state index in [1.54, 1.807) is 0 Å². The van der Waals surface area contributed by atoms with Gasteiger partial charge >= 0.3 is 5.97 Å². The standard InChI is InChI=1S/C15H21N3O3/c1-11(18-7-3-2-4-8-18)10-17-14(19)12-5-6-16-13(9-12)15(20)21/h5-6,9,11H,2-4,7-8,10H2,1H3,(H,17,19)(H,20,21). The van der Waals surface area contributed by atoms with E-state index in [4.69, 9.17) is 5.11 Å². The zero-order valence-electron chi connectivity index (χ0n) is 12.2. The van der Waals surface area contributed by atoms with Crippen LogP contribution in [0.2, 0.25) is 0 Å². The minimum Gasteiger partial charge on any atom is -0.477 e. The molecule has 0 aromatic carbocycles. The fourth-order valence-electron chi connectivity index (χ4n) is 2.52. The van der Waals surface area contributed by atoms with Gasteiger partial charge in [-0.25, -0.2) is 9.78 Å². The molecule has 0 aliphatic carbocycles. The summed E-state index contributed by atoms with van der Waals surface area (Å²) in [5.41, 5.74) is 0.208. The first kappa shape index (κ1) is 15.4. The molecule has 0 radical (unpaired) electrons. The first-order valence-electron chi connectivity index (χ1n) is 7.29. The van der Waals surface area contributed by atoms with Gasteiger partial charge in [0.25, 0.3) is 5.91 Å². The number of carbonyl (C=O) groups excluding carboxylic acids is 1. The molecule has 21 heavy (non-hydrogen) atoms. The summed E-state index contributed by atoms with van der Waals surface area (Å²) in [6, 6.07) is 3.10. The maximum Gasteiger partial charge on any atom is 0.354 e. The third-order valence-corrected chi connectivity index (χ3v) is 3.81. The first-order chi connectivity index (χ1) is 10.1. The SMILES string of the molecule is CC(CNC(=O)c1ccnc(C(=O)O)c1)N1CCCCC1. The maximum absolute atomic E-state index is 12.1. The lowest BCUT2D eigenvalue weighted by atomic mass is 10.1. The number of amides is 1. The number of nitrogens with one attached hydrogen (secondary N) is 1. The number of carboxylic acid groups (broad SMARTS) is 1. The van der Waals surface area contributed by atoms with E-state index in [2.05, 4.69) is 22.1 Å². The first-order valence-corrected chi connectivity index (χ1v) is 7.29. The van der Waals surface area contributed by atoms with Crippen molar-refractivity contribution in [3.8, 4) is 0 Å². The number of rotatable bonds is 5. The minimum absolute atomic E-state index is 0.119. The van der Waals surface area contributed by atoms with Crippen LogP contribution in [0.4, 0.5) is 0 Å². The van der Waals surface area contributed by atoms with Crippen LogP contribution < -0.4 is 5.32 Å². The fraction of sp³-hybridized carbons (Fsp3) is 0.533. The van der Waals surface area contributed by atoms with Gasteiger partial charge in [-0.3, -0.25) is 9.69 Å². The van der Waals surface area contributed by atoms with Crippen molar-refractivity contribution in [3.63, 3.8) is 0 Å². The number of likely N-dealkylation sites (tertiary alicyclic amines) is 1. The molecule has 1 saturated heterocycles. The Morgan fingerprint density at radius 3 is 2.76 bits per heavy atom. The third kappa shape index (κ3) is 4.26. The molecule has 0 spiro atoms. The summed E-state index contributed by atoms with van der Waals surface area (Å²) in [5, 5.41) is 11.7. The number of hydrogen-bond acceptors (Lipinski definition) is 4. The number of aromatic nitrogens is 1. The van der Waals surface area contributed by atoms with Crippen molar-refractivity contribution in [2.75, 3.05) is 19.6 Å². The number of carbonyl (C=O) groups is 2. The van der Waals surface area contributed by atoms with Crippen LogP contribution in [-0.2, 0) is 0 Å². The van der Waals surface area contributed by atoms with Crippen molar-refractivity contribution < 1.29 is 14.7 Å². The second-order valence-corrected chi connectivity index (χ2v) is 5.39. The van der Waals surface area contributed by atoms with Gasteiger partial charge in [0, 0.05) is 24.3 Å². The second-order valence-electron chi connectivity index (χ2n) is 5.39. The zero-order valence-corrected chi connectivity index (χ0v) is 12.2. The highest BCUT2D eigenvalue weighted by atomic mass is 16.4. The summed E-state index contributed by atoms with van der Waals surface area (Å²) in [6.07, 6.45) is 5.05. The Morgan fingerprint density at radius 2 is 2.10 bits per heavy atom. The van der Waals surface area contributed by atoms with Crippen LogP contribution in [0.15, 0.2) is 18.3 Å². The summed E-state index contributed by atoms with van der Waals surface area (Å²) in [4.78, 5) is 29.0. The van der Waals surface area contributed by atoms with E-state index < -0.39 is 5.97 Å². The van der Waals surface area contributed by atoms with E-state index in [0.717, 1.165) is 13.1 Å². The maximum atomic E-state index is 12.1. The molecule has 0 saturated carbocycles. The molecule has 6 heteroatoms. The number of piperidine rings is 1. The fourth-order valence-corrected chi connectivity index (χ4v) is 2.52. The molecule has 114 valence electrons. The Morgan fingerprint density at radius 1 is 1.38 bits per heavy atom. The van der Waals surface area contributed by atoms with Gasteiger partial charge in [0.15, 0.2) is 0 Å². The Kier molecular flexibility index (Phi) is 5.27. The molecule has 1 atom stereocenters. The molecule has 2 heterocycles. The minimum atomic E-state index is -1.13. The molecule has 1 aliphatic rings. The number of aromatic carboxylic acids is 1. The summed E-state index contributed by atoms with van der Waals surface area (Å²) < 4.78 is 0. The largest absolute Gasteiger partial charge is 0.477 e. The second kappa shape index (κ2) is 7.17. The molecule has 0 bridgehead atoms. The lowest BCUT2D eigenvalue weighted by molar-refractivity contribution is 0.0690. The van der Waals surface area contributed by atoms with Crippen LogP contribution in [0.25, 0.3) is 0 Å². The molecular weight excluding hydrogens is 270 g/mol. The van der Waals surface area contributed by atoms with Gasteiger partial charge in [-0.1, -0.05) is 6.42 Å². The molecule has 1 amide bonds. The number of pyridine rings is 1. The van der Waals surface area contributed by atoms with Crippen LogP contribution in [0, 0.1) is 0 Å². The lowest BCUT2D eigenvalue weighted by Gasteiger charge is -2.32. The van der Waals surface area contributed by atoms with Crippen molar-refractivity contribution in [1.82, 2.24) is 15.2 Å². The average Bonchev–Trinajstić information content (AvgIpc) is 2.53. The molecule has 1 fully saturated rings. The Bertz CT molecular complexity index is 513. The van der Waals surface area contributed by atoms with Crippen LogP contribution in [0.5, 0.6) is 0 Å². The molecule has 1 unspecified atom stereocenters. The quantitative estimate of drug-likeness (QED) is 0.856. The van der Waals surface area contributed by atoms with Crippen molar-refractivity contribution in [1.29, 1.82) is 0 Å². The highest BCUT2D eigenvalue weighted by Gasteiger charge is 2.17. The number of nitrogens with zero attached hydrogens (tertiary/aromatic N) is 2. The highest BCUT2D eigenvalue weighted by Crippen LogP contribution is 2.11. The summed E-state index contributed by atoms with van der Waals surface area (Å²) in [7, 11) is 0.